The molecule has 6 heteroatoms. The Morgan fingerprint density at radius 3 is 2.62 bits per heavy atom. The van der Waals surface area contributed by atoms with Crippen LogP contribution < -0.4 is 5.32 Å². The number of likely N-dealkylation sites (N-methyl/N-ethyl adjacent to an activating group) is 1. The van der Waals surface area contributed by atoms with Gasteiger partial charge in [0.2, 0.25) is 0 Å². The minimum absolute atomic E-state index is 0.141. The van der Waals surface area contributed by atoms with E-state index in [0.717, 1.165) is 16.6 Å². The molecule has 0 spiro atoms. The van der Waals surface area contributed by atoms with Gasteiger partial charge in [-0.15, -0.1) is 5.10 Å². The second kappa shape index (κ2) is 6.15. The molecule has 1 unspecified atom stereocenters. The number of nitrogens with one attached hydrogen (secondary N) is 1. The highest BCUT2D eigenvalue weighted by atomic mass is 32.1. The molecule has 0 saturated heterocycles. The molecule has 1 heterocycles. The molecule has 1 atom stereocenters. The van der Waals surface area contributed by atoms with Gasteiger partial charge in [-0.25, -0.2) is 8.78 Å². The topological polar surface area (TPSA) is 37.8 Å². The molecule has 2 aromatic rings. The van der Waals surface area contributed by atoms with E-state index in [9.17, 15) is 8.78 Å². The first-order chi connectivity index (χ1) is 9.84. The van der Waals surface area contributed by atoms with E-state index >= 15 is 0 Å². The van der Waals surface area contributed by atoms with E-state index < -0.39 is 11.6 Å². The molecule has 2 rings (SSSR count). The summed E-state index contributed by atoms with van der Waals surface area (Å²) < 4.78 is 31.2. The maximum atomic E-state index is 13.8. The molecular formula is C15H19F2N3S. The minimum Gasteiger partial charge on any atom is -0.312 e. The van der Waals surface area contributed by atoms with Gasteiger partial charge in [-0.05, 0) is 36.6 Å². The highest BCUT2D eigenvalue weighted by Crippen LogP contribution is 2.32. The Hall–Kier alpha value is -1.40. The fourth-order valence-electron chi connectivity index (χ4n) is 2.20. The van der Waals surface area contributed by atoms with Gasteiger partial charge < -0.3 is 5.32 Å². The number of nitrogens with zero attached hydrogens (tertiary/aromatic N) is 2. The Morgan fingerprint density at radius 2 is 2.00 bits per heavy atom. The molecule has 114 valence electrons. The lowest BCUT2D eigenvalue weighted by Crippen LogP contribution is -2.23. The quantitative estimate of drug-likeness (QED) is 0.937. The molecule has 0 bridgehead atoms. The number of rotatable bonds is 4. The zero-order valence-corrected chi connectivity index (χ0v) is 13.4. The fraction of sp³-hybridized carbons (Fsp3) is 0.467. The molecule has 0 aliphatic rings. The highest BCUT2D eigenvalue weighted by molar-refractivity contribution is 7.05. The standard InChI is InChI=1S/C15H19F2N3S/c1-15(2,3)14-13(21-20-19-14)11(18-4)8-9-6-5-7-10(16)12(9)17/h5-7,11,18H,8H2,1-4H3. The predicted molar refractivity (Wildman–Crippen MR) is 80.5 cm³/mol. The van der Waals surface area contributed by atoms with Crippen molar-refractivity contribution in [1.29, 1.82) is 0 Å². The molecule has 3 nitrogen and oxygen atoms in total. The first kappa shape index (κ1) is 16.0. The van der Waals surface area contributed by atoms with Crippen LogP contribution in [-0.4, -0.2) is 16.6 Å². The van der Waals surface area contributed by atoms with Crippen molar-refractivity contribution in [3.63, 3.8) is 0 Å². The van der Waals surface area contributed by atoms with Crippen LogP contribution in [-0.2, 0) is 11.8 Å². The molecular weight excluding hydrogens is 292 g/mol. The molecule has 21 heavy (non-hydrogen) atoms. The fourth-order valence-corrected chi connectivity index (χ4v) is 3.17. The molecule has 0 radical (unpaired) electrons. The molecule has 1 N–H and O–H groups in total. The van der Waals surface area contributed by atoms with E-state index in [-0.39, 0.29) is 11.5 Å². The summed E-state index contributed by atoms with van der Waals surface area (Å²) in [6, 6.07) is 4.11. The second-order valence-corrected chi connectivity index (χ2v) is 6.78. The molecule has 1 aromatic heterocycles. The Bertz CT molecular complexity index is 620. The zero-order valence-electron chi connectivity index (χ0n) is 12.6. The maximum absolute atomic E-state index is 13.8. The van der Waals surface area contributed by atoms with Crippen molar-refractivity contribution >= 4 is 11.5 Å². The van der Waals surface area contributed by atoms with E-state index in [4.69, 9.17) is 0 Å². The molecule has 0 amide bonds. The first-order valence-corrected chi connectivity index (χ1v) is 7.54. The van der Waals surface area contributed by atoms with Gasteiger partial charge in [0.1, 0.15) is 0 Å². The summed E-state index contributed by atoms with van der Waals surface area (Å²) in [5.41, 5.74) is 1.10. The number of hydrogen-bond acceptors (Lipinski definition) is 4. The summed E-state index contributed by atoms with van der Waals surface area (Å²) in [6.45, 7) is 6.17. The number of aromatic nitrogens is 2. The summed E-state index contributed by atoms with van der Waals surface area (Å²) in [7, 11) is 1.80. The zero-order chi connectivity index (χ0) is 15.6. The van der Waals surface area contributed by atoms with Crippen LogP contribution in [0.15, 0.2) is 18.2 Å². The van der Waals surface area contributed by atoms with E-state index in [1.54, 1.807) is 13.1 Å². The van der Waals surface area contributed by atoms with Gasteiger partial charge in [-0.1, -0.05) is 37.4 Å². The van der Waals surface area contributed by atoms with Gasteiger partial charge in [0, 0.05) is 11.5 Å². The van der Waals surface area contributed by atoms with Crippen LogP contribution in [0.1, 0.15) is 42.9 Å². The Balaban J connectivity index is 2.33. The maximum Gasteiger partial charge on any atom is 0.162 e. The number of benzene rings is 1. The van der Waals surface area contributed by atoms with Crippen LogP contribution in [0.2, 0.25) is 0 Å². The lowest BCUT2D eigenvalue weighted by Gasteiger charge is -2.21. The van der Waals surface area contributed by atoms with Crippen LogP contribution in [0, 0.1) is 11.6 Å². The summed E-state index contributed by atoms with van der Waals surface area (Å²) in [6.07, 6.45) is 0.354. The second-order valence-electron chi connectivity index (χ2n) is 5.99. The van der Waals surface area contributed by atoms with E-state index in [1.807, 2.05) is 0 Å². The third kappa shape index (κ3) is 3.44. The van der Waals surface area contributed by atoms with E-state index in [0.29, 0.717) is 12.0 Å². The minimum atomic E-state index is -0.819. The normalized spacial score (nSPS) is 13.4. The van der Waals surface area contributed by atoms with E-state index in [2.05, 4.69) is 35.7 Å². The number of halogens is 2. The van der Waals surface area contributed by atoms with Crippen molar-refractivity contribution in [2.75, 3.05) is 7.05 Å². The number of hydrogen-bond donors (Lipinski definition) is 1. The van der Waals surface area contributed by atoms with Crippen molar-refractivity contribution in [3.05, 3.63) is 46.0 Å². The highest BCUT2D eigenvalue weighted by Gasteiger charge is 2.27. The summed E-state index contributed by atoms with van der Waals surface area (Å²) in [5, 5.41) is 7.35. The van der Waals surface area contributed by atoms with Crippen molar-refractivity contribution in [2.24, 2.45) is 0 Å². The Kier molecular flexibility index (Phi) is 4.68. The van der Waals surface area contributed by atoms with Crippen LogP contribution in [0.3, 0.4) is 0 Å². The average Bonchev–Trinajstić information content (AvgIpc) is 2.89. The SMILES string of the molecule is CNC(Cc1cccc(F)c1F)c1snnc1C(C)(C)C. The lowest BCUT2D eigenvalue weighted by molar-refractivity contribution is 0.483. The van der Waals surface area contributed by atoms with E-state index in [1.165, 1.54) is 17.6 Å². The van der Waals surface area contributed by atoms with Crippen molar-refractivity contribution in [3.8, 4) is 0 Å². The monoisotopic (exact) mass is 311 g/mol. The Morgan fingerprint density at radius 1 is 1.29 bits per heavy atom. The van der Waals surface area contributed by atoms with Crippen LogP contribution in [0.5, 0.6) is 0 Å². The molecule has 0 fully saturated rings. The molecule has 1 aromatic carbocycles. The van der Waals surface area contributed by atoms with Gasteiger partial charge in [-0.2, -0.15) is 0 Å². The molecule has 0 saturated carbocycles. The lowest BCUT2D eigenvalue weighted by atomic mass is 9.89. The Labute approximate surface area is 127 Å². The summed E-state index contributed by atoms with van der Waals surface area (Å²) in [5.74, 6) is -1.60. The summed E-state index contributed by atoms with van der Waals surface area (Å²) >= 11 is 1.30. The van der Waals surface area contributed by atoms with Gasteiger partial charge in [0.05, 0.1) is 10.6 Å². The van der Waals surface area contributed by atoms with Crippen molar-refractivity contribution < 1.29 is 8.78 Å². The first-order valence-electron chi connectivity index (χ1n) is 6.77. The largest absolute Gasteiger partial charge is 0.312 e. The van der Waals surface area contributed by atoms with Crippen molar-refractivity contribution in [2.45, 2.75) is 38.6 Å². The van der Waals surface area contributed by atoms with Gasteiger partial charge in [-0.3, -0.25) is 0 Å². The molecule has 0 aliphatic carbocycles. The third-order valence-electron chi connectivity index (χ3n) is 3.34. The van der Waals surface area contributed by atoms with Crippen molar-refractivity contribution in [1.82, 2.24) is 14.9 Å². The molecule has 0 aliphatic heterocycles. The third-order valence-corrected chi connectivity index (χ3v) is 4.18. The smallest absolute Gasteiger partial charge is 0.162 e. The van der Waals surface area contributed by atoms with Gasteiger partial charge in [0.25, 0.3) is 0 Å². The van der Waals surface area contributed by atoms with Crippen LogP contribution >= 0.6 is 11.5 Å². The summed E-state index contributed by atoms with van der Waals surface area (Å²) in [4.78, 5) is 0.966. The average molecular weight is 311 g/mol. The van der Waals surface area contributed by atoms with Crippen LogP contribution in [0.4, 0.5) is 8.78 Å². The van der Waals surface area contributed by atoms with Gasteiger partial charge >= 0.3 is 0 Å². The van der Waals surface area contributed by atoms with Crippen LogP contribution in [0.25, 0.3) is 0 Å². The van der Waals surface area contributed by atoms with Gasteiger partial charge in [0.15, 0.2) is 11.6 Å². The predicted octanol–water partition coefficient (Wildman–Crippen LogP) is 3.62.